The van der Waals surface area contributed by atoms with Crippen molar-refractivity contribution >= 4 is 17.1 Å². The van der Waals surface area contributed by atoms with Crippen LogP contribution in [0, 0.1) is 0 Å². The van der Waals surface area contributed by atoms with E-state index in [9.17, 15) is 22.8 Å². The van der Waals surface area contributed by atoms with Crippen LogP contribution < -0.4 is 26.2 Å². The Labute approximate surface area is 178 Å². The van der Waals surface area contributed by atoms with Crippen molar-refractivity contribution in [1.29, 1.82) is 0 Å². The van der Waals surface area contributed by atoms with Gasteiger partial charge in [0, 0.05) is 17.8 Å². The summed E-state index contributed by atoms with van der Waals surface area (Å²) in [7, 11) is 1.54. The van der Waals surface area contributed by atoms with Crippen LogP contribution in [0.25, 0.3) is 11.4 Å². The molecule has 0 saturated heterocycles. The highest BCUT2D eigenvalue weighted by atomic mass is 19.4. The van der Waals surface area contributed by atoms with Crippen molar-refractivity contribution in [2.24, 2.45) is 0 Å². The van der Waals surface area contributed by atoms with Gasteiger partial charge in [0.1, 0.15) is 17.1 Å². The summed E-state index contributed by atoms with van der Waals surface area (Å²) in [5, 5.41) is 9.16. The Bertz CT molecular complexity index is 1310. The predicted molar refractivity (Wildman–Crippen MR) is 110 cm³/mol. The number of rotatable bonds is 7. The highest BCUT2D eigenvalue weighted by Gasteiger charge is 2.38. The zero-order chi connectivity index (χ0) is 22.9. The van der Waals surface area contributed by atoms with E-state index in [2.05, 4.69) is 25.3 Å². The predicted octanol–water partition coefficient (Wildman–Crippen LogP) is 3.72. The smallest absolute Gasteiger partial charge is 0.471 e. The number of nitrogens with zero attached hydrogens (tertiary/aromatic N) is 2. The molecule has 0 aliphatic rings. The maximum atomic E-state index is 12.6. The summed E-state index contributed by atoms with van der Waals surface area (Å²) in [4.78, 5) is 27.2. The van der Waals surface area contributed by atoms with E-state index in [1.165, 1.54) is 19.2 Å². The van der Waals surface area contributed by atoms with Crippen LogP contribution in [0.1, 0.15) is 11.5 Å². The Hall–Kier alpha value is -4.15. The number of nitrogens with one attached hydrogen (secondary N) is 2. The zero-order valence-electron chi connectivity index (χ0n) is 16.5. The van der Waals surface area contributed by atoms with Crippen molar-refractivity contribution in [2.75, 3.05) is 17.7 Å². The summed E-state index contributed by atoms with van der Waals surface area (Å²) in [5.41, 5.74) is 0.718. The largest absolute Gasteiger partial charge is 0.497 e. The first kappa shape index (κ1) is 21.1. The van der Waals surface area contributed by atoms with Gasteiger partial charge in [-0.2, -0.15) is 18.2 Å². The first-order valence-corrected chi connectivity index (χ1v) is 9.24. The van der Waals surface area contributed by atoms with Crippen LogP contribution in [-0.4, -0.2) is 17.3 Å². The zero-order valence-corrected chi connectivity index (χ0v) is 16.5. The van der Waals surface area contributed by atoms with E-state index < -0.39 is 22.9 Å². The lowest BCUT2D eigenvalue weighted by Gasteiger charge is -2.15. The molecule has 0 radical (unpaired) electrons. The molecule has 0 saturated carbocycles. The number of ether oxygens (including phenoxy) is 1. The highest BCUT2D eigenvalue weighted by molar-refractivity contribution is 5.78. The van der Waals surface area contributed by atoms with E-state index in [0.717, 1.165) is 5.56 Å². The normalized spacial score (nSPS) is 11.5. The average molecular weight is 444 g/mol. The molecular weight excluding hydrogens is 429 g/mol. The van der Waals surface area contributed by atoms with Crippen LogP contribution in [0.2, 0.25) is 0 Å². The number of aromatic nitrogens is 2. The average Bonchev–Trinajstić information content (AvgIpc) is 3.30. The van der Waals surface area contributed by atoms with Gasteiger partial charge in [-0.15, -0.1) is 0 Å². The summed E-state index contributed by atoms with van der Waals surface area (Å²) in [6, 6.07) is 13.2. The van der Waals surface area contributed by atoms with E-state index in [0.29, 0.717) is 17.0 Å². The lowest BCUT2D eigenvalue weighted by Crippen LogP contribution is -2.36. The van der Waals surface area contributed by atoms with Gasteiger partial charge in [0.05, 0.1) is 7.11 Å². The number of anilines is 3. The number of methoxy groups -OCH3 is 1. The second kappa shape index (κ2) is 8.17. The summed E-state index contributed by atoms with van der Waals surface area (Å²) < 4.78 is 47.1. The van der Waals surface area contributed by atoms with Crippen LogP contribution in [0.4, 0.5) is 30.2 Å². The lowest BCUT2D eigenvalue weighted by molar-refractivity contribution is -0.159. The molecule has 4 aromatic rings. The molecule has 0 aliphatic heterocycles. The van der Waals surface area contributed by atoms with E-state index in [4.69, 9.17) is 4.74 Å². The van der Waals surface area contributed by atoms with Gasteiger partial charge < -0.3 is 19.9 Å². The van der Waals surface area contributed by atoms with E-state index in [-0.39, 0.29) is 23.7 Å². The Balaban J connectivity index is 1.43. The number of halogens is 3. The fraction of sp³-hybridized carbons (Fsp3) is 0.143. The molecule has 8 nitrogen and oxygen atoms in total. The van der Waals surface area contributed by atoms with E-state index in [1.54, 1.807) is 36.4 Å². The van der Waals surface area contributed by atoms with Crippen molar-refractivity contribution < 1.29 is 22.4 Å². The van der Waals surface area contributed by atoms with Crippen molar-refractivity contribution in [3.63, 3.8) is 0 Å². The van der Waals surface area contributed by atoms with Crippen LogP contribution in [0.5, 0.6) is 5.75 Å². The Morgan fingerprint density at radius 3 is 2.22 bits per heavy atom. The summed E-state index contributed by atoms with van der Waals surface area (Å²) >= 11 is 0. The van der Waals surface area contributed by atoms with Crippen molar-refractivity contribution in [3.05, 3.63) is 80.4 Å². The van der Waals surface area contributed by atoms with Gasteiger partial charge >= 0.3 is 12.1 Å². The van der Waals surface area contributed by atoms with Crippen LogP contribution in [0.3, 0.4) is 0 Å². The van der Waals surface area contributed by atoms with Gasteiger partial charge in [0.2, 0.25) is 5.82 Å². The molecule has 0 aliphatic carbocycles. The standard InChI is InChI=1S/C21H15F3N4O4/c1-31-14-8-6-13(7-9-14)26-16-15(17(29)18(16)30)25-10-11-2-4-12(5-3-11)19-27-20(32-28-19)21(22,23)24/h2-9,25-26H,10H2,1H3. The molecule has 2 N–H and O–H groups in total. The lowest BCUT2D eigenvalue weighted by atomic mass is 10.1. The molecule has 1 aromatic heterocycles. The third kappa shape index (κ3) is 4.17. The molecule has 3 aromatic carbocycles. The van der Waals surface area contributed by atoms with Gasteiger partial charge in [-0.3, -0.25) is 9.59 Å². The SMILES string of the molecule is COc1ccc(Nc2c(NCc3ccc(-c4noc(C(F)(F)F)n4)cc3)c(=O)c2=O)cc1. The molecular formula is C21H15F3N4O4. The molecule has 1 heterocycles. The van der Waals surface area contributed by atoms with Crippen molar-refractivity contribution in [1.82, 2.24) is 10.1 Å². The number of hydrogen-bond donors (Lipinski definition) is 2. The molecule has 0 spiro atoms. The molecule has 32 heavy (non-hydrogen) atoms. The van der Waals surface area contributed by atoms with Gasteiger partial charge in [-0.05, 0) is 29.8 Å². The van der Waals surface area contributed by atoms with Crippen LogP contribution in [-0.2, 0) is 12.7 Å². The molecule has 0 fully saturated rings. The molecule has 0 amide bonds. The van der Waals surface area contributed by atoms with E-state index >= 15 is 0 Å². The molecule has 0 bridgehead atoms. The van der Waals surface area contributed by atoms with Crippen molar-refractivity contribution in [2.45, 2.75) is 12.7 Å². The fourth-order valence-corrected chi connectivity index (χ4v) is 2.92. The Morgan fingerprint density at radius 1 is 0.969 bits per heavy atom. The topological polar surface area (TPSA) is 106 Å². The third-order valence-corrected chi connectivity index (χ3v) is 4.62. The first-order valence-electron chi connectivity index (χ1n) is 9.24. The Kier molecular flexibility index (Phi) is 5.39. The van der Waals surface area contributed by atoms with Crippen LogP contribution >= 0.6 is 0 Å². The van der Waals surface area contributed by atoms with Crippen molar-refractivity contribution in [3.8, 4) is 17.1 Å². The van der Waals surface area contributed by atoms with E-state index in [1.807, 2.05) is 0 Å². The molecule has 11 heteroatoms. The number of alkyl halides is 3. The van der Waals surface area contributed by atoms with Gasteiger partial charge in [-0.25, -0.2) is 0 Å². The third-order valence-electron chi connectivity index (χ3n) is 4.62. The number of benzene rings is 2. The molecule has 164 valence electrons. The molecule has 4 rings (SSSR count). The molecule has 0 atom stereocenters. The maximum absolute atomic E-state index is 12.6. The maximum Gasteiger partial charge on any atom is 0.471 e. The Morgan fingerprint density at radius 2 is 1.62 bits per heavy atom. The minimum Gasteiger partial charge on any atom is -0.497 e. The number of hydrogen-bond acceptors (Lipinski definition) is 8. The highest BCUT2D eigenvalue weighted by Crippen LogP contribution is 2.29. The van der Waals surface area contributed by atoms with Gasteiger partial charge in [-0.1, -0.05) is 29.4 Å². The minimum atomic E-state index is -4.72. The first-order chi connectivity index (χ1) is 15.3. The second-order valence-electron chi connectivity index (χ2n) is 6.73. The summed E-state index contributed by atoms with van der Waals surface area (Å²) in [6.07, 6.45) is -4.72. The fourth-order valence-electron chi connectivity index (χ4n) is 2.92. The minimum absolute atomic E-state index is 0.155. The monoisotopic (exact) mass is 444 g/mol. The summed E-state index contributed by atoms with van der Waals surface area (Å²) in [5.74, 6) is -0.960. The second-order valence-corrected chi connectivity index (χ2v) is 6.73. The molecule has 0 unspecified atom stereocenters. The van der Waals surface area contributed by atoms with Gasteiger partial charge in [0.25, 0.3) is 10.9 Å². The van der Waals surface area contributed by atoms with Gasteiger partial charge in [0.15, 0.2) is 0 Å². The quantitative estimate of drug-likeness (QED) is 0.416. The van der Waals surface area contributed by atoms with Crippen LogP contribution in [0.15, 0.2) is 62.6 Å². The summed E-state index contributed by atoms with van der Waals surface area (Å²) in [6.45, 7) is 0.211.